The van der Waals surface area contributed by atoms with Gasteiger partial charge in [0.05, 0.1) is 0 Å². The van der Waals surface area contributed by atoms with E-state index in [0.717, 1.165) is 172 Å². The fourth-order valence-electron chi connectivity index (χ4n) is 22.2. The quantitative estimate of drug-likeness (QED) is 0.212. The van der Waals surface area contributed by atoms with Gasteiger partial charge in [0.1, 0.15) is 0 Å². The minimum absolute atomic E-state index is 1.00. The lowest BCUT2D eigenvalue weighted by Crippen LogP contribution is -2.35. The Morgan fingerprint density at radius 3 is 0.772 bits per heavy atom. The van der Waals surface area contributed by atoms with Crippen LogP contribution in [0.25, 0.3) is 0 Å². The lowest BCUT2D eigenvalue weighted by molar-refractivity contribution is 0.0716. The van der Waals surface area contributed by atoms with E-state index in [2.05, 4.69) is 118 Å². The summed E-state index contributed by atoms with van der Waals surface area (Å²) in [6.07, 6.45) is 35.0. The highest BCUT2D eigenvalue weighted by atomic mass is 14.7. The molecule has 0 nitrogen and oxygen atoms in total. The fraction of sp³-hybridized carbons (Fsp3) is 1.00. The largest absolute Gasteiger partial charge is 0.0683 e. The summed E-state index contributed by atoms with van der Waals surface area (Å²) in [5, 5.41) is 0. The summed E-state index contributed by atoms with van der Waals surface area (Å²) in [5.41, 5.74) is 0. The van der Waals surface area contributed by atoms with Gasteiger partial charge >= 0.3 is 0 Å². The standard InChI is InChI=1S/C15H24.C13H22.C12H22.C10H18.C8H16.C7H14.C6H12.4C2H6/c1-7-8(2)13-6-12(7)14-10-4-5-11(9(10)3)15(13)14;1-7-6-12-10-4-5-11(9(10)3)13(12)8(7)2;1-9-7-11-5-3-4-6-12(11)8-10(9)2;1-6-7(2)10-5-4-9(6)8(10)3;1-7-5-3-4-6-8(7)2;1-6-4-3-5-7(6)2;1-5-3-4-6(5)2;4*1-2/h7-15H,4-6H2,1-3H3;7-13H,4-6H2,1-3H3;9-12H,3-8H2,1-2H3;6-10H,4-5H2,1-3H3;7-8H,3-6H2,1-2H3;6-7H,3-5H2,1-2H3;5-6H,3-4H2,1-2H3;4*1-2H3. The van der Waals surface area contributed by atoms with Crippen LogP contribution in [0.3, 0.4) is 0 Å². The monoisotopic (exact) mass is 1100 g/mol. The predicted octanol–water partition coefficient (Wildman–Crippen LogP) is 25.6. The fourth-order valence-corrected chi connectivity index (χ4v) is 22.2. The molecular weight excluding hydrogens is 949 g/mol. The Balaban J connectivity index is 0.000000198. The highest BCUT2D eigenvalue weighted by Gasteiger charge is 2.66. The van der Waals surface area contributed by atoms with Crippen LogP contribution in [-0.2, 0) is 0 Å². The second kappa shape index (κ2) is 34.4. The molecule has 0 aliphatic heterocycles. The molecule has 29 atom stereocenters. The van der Waals surface area contributed by atoms with Gasteiger partial charge in [-0.25, -0.2) is 0 Å². The Labute approximate surface area is 501 Å². The van der Waals surface area contributed by atoms with Gasteiger partial charge < -0.3 is 0 Å². The number of hydrogen-bond acceptors (Lipinski definition) is 0. The highest BCUT2D eigenvalue weighted by Crippen LogP contribution is 2.72. The second-order valence-electron chi connectivity index (χ2n) is 31.6. The van der Waals surface area contributed by atoms with E-state index in [1.807, 2.05) is 55.4 Å². The second-order valence-corrected chi connectivity index (χ2v) is 31.6. The summed E-state index contributed by atoms with van der Waals surface area (Å²) >= 11 is 0. The van der Waals surface area contributed by atoms with Crippen LogP contribution >= 0.6 is 0 Å². The lowest BCUT2D eigenvalue weighted by Gasteiger charge is -2.41. The van der Waals surface area contributed by atoms with Gasteiger partial charge in [-0.1, -0.05) is 257 Å². The number of rotatable bonds is 0. The molecule has 79 heavy (non-hydrogen) atoms. The van der Waals surface area contributed by atoms with E-state index in [4.69, 9.17) is 0 Å². The van der Waals surface area contributed by atoms with Gasteiger partial charge in [-0.05, 0) is 248 Å². The van der Waals surface area contributed by atoms with Crippen molar-refractivity contribution >= 4 is 0 Å². The van der Waals surface area contributed by atoms with E-state index in [-0.39, 0.29) is 0 Å². The molecule has 468 valence electrons. The van der Waals surface area contributed by atoms with E-state index in [1.54, 1.807) is 51.4 Å². The minimum Gasteiger partial charge on any atom is -0.0683 e. The first-order valence-corrected chi connectivity index (χ1v) is 37.8. The molecule has 14 saturated carbocycles. The summed E-state index contributed by atoms with van der Waals surface area (Å²) in [4.78, 5) is 0. The SMILES string of the molecule is CC.CC.CC.CC.CC1C(C)C2CC1C1C3CCC(C3C)C21.CC1C(C)C2CCC1C2C.CC1CC2C3CCC(C3C)C2C1C.CC1CC2CCCCC2CC1C.CC1CCC1C.CC1CCCC1C.CC1CCCCC1C. The summed E-state index contributed by atoms with van der Waals surface area (Å²) in [7, 11) is 0. The molecule has 0 radical (unpaired) electrons. The smallest absolute Gasteiger partial charge is 0.0318 e. The van der Waals surface area contributed by atoms with Crippen molar-refractivity contribution in [3.05, 3.63) is 0 Å². The minimum atomic E-state index is 1.00. The molecule has 29 unspecified atom stereocenters. The van der Waals surface area contributed by atoms with Gasteiger partial charge in [0.25, 0.3) is 0 Å². The molecule has 0 N–H and O–H groups in total. The number of hydrogen-bond donors (Lipinski definition) is 0. The third-order valence-corrected chi connectivity index (χ3v) is 28.8. The van der Waals surface area contributed by atoms with Crippen molar-refractivity contribution in [2.75, 3.05) is 0 Å². The molecular formula is C79H152. The Hall–Kier alpha value is 0. The zero-order chi connectivity index (χ0) is 59.2. The van der Waals surface area contributed by atoms with Crippen molar-refractivity contribution in [1.29, 1.82) is 0 Å². The van der Waals surface area contributed by atoms with Gasteiger partial charge in [-0.15, -0.1) is 0 Å². The first kappa shape index (κ1) is 71.5. The lowest BCUT2D eigenvalue weighted by atomic mass is 9.64. The maximum atomic E-state index is 2.56. The Morgan fingerprint density at radius 2 is 0.456 bits per heavy atom. The summed E-state index contributed by atoms with van der Waals surface area (Å²) in [6.45, 7) is 57.6. The maximum Gasteiger partial charge on any atom is -0.0318 e. The number of fused-ring (bicyclic) bond motifs is 17. The Bertz CT molecular complexity index is 1500. The van der Waals surface area contributed by atoms with Crippen LogP contribution in [0, 0.1) is 183 Å². The molecule has 0 amide bonds. The molecule has 14 aliphatic carbocycles. The molecule has 0 aromatic heterocycles. The molecule has 14 fully saturated rings. The summed E-state index contributed by atoms with van der Waals surface area (Å²) < 4.78 is 0. The van der Waals surface area contributed by atoms with Gasteiger partial charge in [0.2, 0.25) is 0 Å². The molecule has 0 heteroatoms. The predicted molar refractivity (Wildman–Crippen MR) is 356 cm³/mol. The molecule has 0 saturated heterocycles. The van der Waals surface area contributed by atoms with Crippen LogP contribution in [0.15, 0.2) is 0 Å². The van der Waals surface area contributed by atoms with Crippen molar-refractivity contribution in [2.45, 2.75) is 321 Å². The normalized spacial score (nSPS) is 50.3. The third-order valence-electron chi connectivity index (χ3n) is 28.8. The first-order chi connectivity index (χ1) is 37.8. The van der Waals surface area contributed by atoms with E-state index in [9.17, 15) is 0 Å². The van der Waals surface area contributed by atoms with Gasteiger partial charge in [0.15, 0.2) is 0 Å². The summed E-state index contributed by atoms with van der Waals surface area (Å²) in [6, 6.07) is 0. The molecule has 0 heterocycles. The van der Waals surface area contributed by atoms with Crippen LogP contribution in [0.2, 0.25) is 0 Å². The van der Waals surface area contributed by atoms with E-state index < -0.39 is 0 Å². The van der Waals surface area contributed by atoms with Crippen LogP contribution < -0.4 is 0 Å². The van der Waals surface area contributed by atoms with Crippen LogP contribution in [0.5, 0.6) is 0 Å². The molecule has 14 aliphatic rings. The topological polar surface area (TPSA) is 0 Å². The van der Waals surface area contributed by atoms with E-state index >= 15 is 0 Å². The maximum absolute atomic E-state index is 2.56. The molecule has 0 aromatic rings. The van der Waals surface area contributed by atoms with Crippen molar-refractivity contribution in [1.82, 2.24) is 0 Å². The van der Waals surface area contributed by atoms with Gasteiger partial charge in [-0.2, -0.15) is 0 Å². The van der Waals surface area contributed by atoms with Crippen molar-refractivity contribution in [3.63, 3.8) is 0 Å². The molecule has 0 spiro atoms. The first-order valence-electron chi connectivity index (χ1n) is 37.8. The van der Waals surface area contributed by atoms with Crippen LogP contribution in [0.1, 0.15) is 321 Å². The molecule has 0 aromatic carbocycles. The average molecular weight is 1100 g/mol. The zero-order valence-electron chi connectivity index (χ0n) is 59.2. The van der Waals surface area contributed by atoms with Crippen LogP contribution in [0.4, 0.5) is 0 Å². The van der Waals surface area contributed by atoms with Gasteiger partial charge in [0, 0.05) is 0 Å². The Morgan fingerprint density at radius 1 is 0.165 bits per heavy atom. The zero-order valence-corrected chi connectivity index (χ0v) is 59.2. The van der Waals surface area contributed by atoms with Crippen LogP contribution in [-0.4, -0.2) is 0 Å². The van der Waals surface area contributed by atoms with Gasteiger partial charge in [-0.3, -0.25) is 0 Å². The third kappa shape index (κ3) is 16.8. The van der Waals surface area contributed by atoms with E-state index in [0.29, 0.717) is 0 Å². The van der Waals surface area contributed by atoms with E-state index in [1.165, 1.54) is 108 Å². The summed E-state index contributed by atoms with van der Waals surface area (Å²) in [5.74, 6) is 33.3. The van der Waals surface area contributed by atoms with Crippen molar-refractivity contribution in [3.8, 4) is 0 Å². The molecule has 14 rings (SSSR count). The Kier molecular flexibility index (Phi) is 31.1. The highest BCUT2D eigenvalue weighted by molar-refractivity contribution is 5.14. The molecule has 8 bridgehead atoms. The average Bonchev–Trinajstić information content (AvgIpc) is 4.48. The van der Waals surface area contributed by atoms with Crippen molar-refractivity contribution in [2.24, 2.45) is 183 Å². The van der Waals surface area contributed by atoms with Crippen molar-refractivity contribution < 1.29 is 0 Å².